The summed E-state index contributed by atoms with van der Waals surface area (Å²) < 4.78 is 59.0. The third-order valence-electron chi connectivity index (χ3n) is 10.6. The molecular formula is C36H36F3N5O3. The first-order valence-electron chi connectivity index (χ1n) is 16.5. The molecule has 47 heavy (non-hydrogen) atoms. The minimum Gasteiger partial charge on any atom is -0.508 e. The van der Waals surface area contributed by atoms with Crippen LogP contribution in [0.2, 0.25) is 0 Å². The molecule has 1 saturated carbocycles. The summed E-state index contributed by atoms with van der Waals surface area (Å²) in [6.45, 7) is 4.90. The van der Waals surface area contributed by atoms with Gasteiger partial charge in [-0.3, -0.25) is 4.90 Å². The van der Waals surface area contributed by atoms with E-state index in [4.69, 9.17) is 20.9 Å². The summed E-state index contributed by atoms with van der Waals surface area (Å²) >= 11 is 0. The second-order valence-electron chi connectivity index (χ2n) is 13.5. The molecule has 4 aliphatic rings. The predicted octanol–water partition coefficient (Wildman–Crippen LogP) is 6.40. The number of hydrogen-bond acceptors (Lipinski definition) is 8. The van der Waals surface area contributed by atoms with Crippen molar-refractivity contribution in [2.45, 2.75) is 57.2 Å². The number of phenolic OH excluding ortho intramolecular Hbond substituents is 1. The van der Waals surface area contributed by atoms with Crippen LogP contribution in [0.4, 0.5) is 19.0 Å². The van der Waals surface area contributed by atoms with E-state index in [-0.39, 0.29) is 58.6 Å². The second kappa shape index (κ2) is 11.4. The molecule has 2 aromatic carbocycles. The Balaban J connectivity index is 1.33. The molecule has 0 radical (unpaired) electrons. The molecule has 5 heterocycles. The van der Waals surface area contributed by atoms with Crippen LogP contribution >= 0.6 is 0 Å². The molecule has 0 spiro atoms. The van der Waals surface area contributed by atoms with E-state index in [1.165, 1.54) is 24.3 Å². The fourth-order valence-corrected chi connectivity index (χ4v) is 8.60. The van der Waals surface area contributed by atoms with Gasteiger partial charge in [0.15, 0.2) is 5.82 Å². The number of piperidine rings is 1. The summed E-state index contributed by atoms with van der Waals surface area (Å²) in [5.41, 5.74) is -0.684. The number of pyridine rings is 1. The lowest BCUT2D eigenvalue weighted by molar-refractivity contribution is 0.107. The highest BCUT2D eigenvalue weighted by atomic mass is 19.1. The van der Waals surface area contributed by atoms with E-state index in [1.54, 1.807) is 6.92 Å². The number of ether oxygens (including phenoxy) is 2. The van der Waals surface area contributed by atoms with Gasteiger partial charge >= 0.3 is 6.01 Å². The molecule has 3 aliphatic heterocycles. The number of anilines is 1. The Morgan fingerprint density at radius 3 is 2.64 bits per heavy atom. The van der Waals surface area contributed by atoms with E-state index in [0.717, 1.165) is 51.7 Å². The lowest BCUT2D eigenvalue weighted by atomic mass is 9.95. The molecule has 2 unspecified atom stereocenters. The maximum atomic E-state index is 17.1. The van der Waals surface area contributed by atoms with E-state index in [9.17, 15) is 13.9 Å². The number of alkyl halides is 1. The molecule has 2 bridgehead atoms. The second-order valence-corrected chi connectivity index (χ2v) is 13.5. The summed E-state index contributed by atoms with van der Waals surface area (Å²) in [4.78, 5) is 18.5. The summed E-state index contributed by atoms with van der Waals surface area (Å²) in [6, 6.07) is 5.44. The minimum absolute atomic E-state index is 0.0106. The van der Waals surface area contributed by atoms with Crippen LogP contribution < -0.4 is 14.4 Å². The maximum Gasteiger partial charge on any atom is 0.319 e. The SMILES string of the molecule is C#Cc1c(F)ccc2cc(O)cc(-c3nc(OCC)c4c(N5CC6CCC(C6)C5)nc(OC[C@@]56CCCN5C[C@H](F)C6)nc4c3F)c12. The van der Waals surface area contributed by atoms with E-state index < -0.39 is 23.3 Å². The molecule has 0 amide bonds. The maximum absolute atomic E-state index is 17.1. The van der Waals surface area contributed by atoms with Gasteiger partial charge in [0, 0.05) is 37.0 Å². The van der Waals surface area contributed by atoms with Crippen LogP contribution in [-0.4, -0.2) is 76.1 Å². The van der Waals surface area contributed by atoms with E-state index in [1.807, 2.05) is 0 Å². The highest BCUT2D eigenvalue weighted by Gasteiger charge is 2.49. The van der Waals surface area contributed by atoms with Gasteiger partial charge in [-0.2, -0.15) is 9.97 Å². The Bertz CT molecular complexity index is 1940. The molecule has 1 aliphatic carbocycles. The van der Waals surface area contributed by atoms with Gasteiger partial charge in [-0.1, -0.05) is 12.0 Å². The number of aromatic nitrogens is 3. The van der Waals surface area contributed by atoms with Crippen molar-refractivity contribution in [2.75, 3.05) is 44.3 Å². The number of terminal acetylenes is 1. The van der Waals surface area contributed by atoms with Crippen molar-refractivity contribution >= 4 is 27.5 Å². The highest BCUT2D eigenvalue weighted by molar-refractivity contribution is 6.04. The Kier molecular flexibility index (Phi) is 7.32. The number of halogens is 3. The largest absolute Gasteiger partial charge is 0.508 e. The molecule has 3 saturated heterocycles. The molecule has 4 aromatic rings. The smallest absolute Gasteiger partial charge is 0.319 e. The average Bonchev–Trinajstić information content (AvgIpc) is 3.71. The number of hydrogen-bond donors (Lipinski definition) is 1. The zero-order valence-electron chi connectivity index (χ0n) is 26.2. The lowest BCUT2D eigenvalue weighted by Gasteiger charge is -2.34. The van der Waals surface area contributed by atoms with Gasteiger partial charge in [-0.05, 0) is 81.0 Å². The van der Waals surface area contributed by atoms with E-state index >= 15 is 4.39 Å². The van der Waals surface area contributed by atoms with Crippen LogP contribution in [0.5, 0.6) is 17.6 Å². The molecule has 8 nitrogen and oxygen atoms in total. The van der Waals surface area contributed by atoms with Crippen LogP contribution in [0.25, 0.3) is 32.9 Å². The number of aromatic hydroxyl groups is 1. The molecule has 1 N–H and O–H groups in total. The van der Waals surface area contributed by atoms with Crippen molar-refractivity contribution in [3.8, 4) is 41.2 Å². The molecule has 2 aromatic heterocycles. The fraction of sp³-hybridized carbons (Fsp3) is 0.472. The third kappa shape index (κ3) is 5.00. The number of phenols is 1. The van der Waals surface area contributed by atoms with Gasteiger partial charge in [0.25, 0.3) is 0 Å². The summed E-state index contributed by atoms with van der Waals surface area (Å²) in [7, 11) is 0. The van der Waals surface area contributed by atoms with Crippen LogP contribution in [0.15, 0.2) is 24.3 Å². The minimum atomic E-state index is -0.925. The molecule has 8 rings (SSSR count). The van der Waals surface area contributed by atoms with Crippen LogP contribution in [0.1, 0.15) is 51.0 Å². The summed E-state index contributed by atoms with van der Waals surface area (Å²) in [5, 5.41) is 11.6. The van der Waals surface area contributed by atoms with Crippen molar-refractivity contribution in [3.63, 3.8) is 0 Å². The van der Waals surface area contributed by atoms with Crippen molar-refractivity contribution in [1.82, 2.24) is 19.9 Å². The van der Waals surface area contributed by atoms with Gasteiger partial charge in [-0.15, -0.1) is 6.42 Å². The first-order valence-corrected chi connectivity index (χ1v) is 16.5. The quantitative estimate of drug-likeness (QED) is 0.232. The highest BCUT2D eigenvalue weighted by Crippen LogP contribution is 2.45. The van der Waals surface area contributed by atoms with E-state index in [0.29, 0.717) is 41.4 Å². The third-order valence-corrected chi connectivity index (χ3v) is 10.6. The Morgan fingerprint density at radius 1 is 1.06 bits per heavy atom. The van der Waals surface area contributed by atoms with Crippen LogP contribution in [-0.2, 0) is 0 Å². The number of fused-ring (bicyclic) bond motifs is 5. The molecule has 4 fully saturated rings. The topological polar surface area (TPSA) is 83.8 Å². The summed E-state index contributed by atoms with van der Waals surface area (Å²) in [5.74, 6) is 2.35. The predicted molar refractivity (Wildman–Crippen MR) is 173 cm³/mol. The van der Waals surface area contributed by atoms with Gasteiger partial charge in [0.05, 0.1) is 17.7 Å². The summed E-state index contributed by atoms with van der Waals surface area (Å²) in [6.07, 6.45) is 10.3. The monoisotopic (exact) mass is 643 g/mol. The van der Waals surface area contributed by atoms with Gasteiger partial charge < -0.3 is 19.5 Å². The normalized spacial score (nSPS) is 25.4. The molecular weight excluding hydrogens is 607 g/mol. The number of rotatable bonds is 7. The molecule has 4 atom stereocenters. The molecule has 244 valence electrons. The van der Waals surface area contributed by atoms with Crippen molar-refractivity contribution < 1.29 is 27.8 Å². The zero-order chi connectivity index (χ0) is 32.4. The van der Waals surface area contributed by atoms with Gasteiger partial charge in [0.2, 0.25) is 5.88 Å². The van der Waals surface area contributed by atoms with Crippen molar-refractivity contribution in [1.29, 1.82) is 0 Å². The first-order chi connectivity index (χ1) is 22.8. The van der Waals surface area contributed by atoms with Crippen molar-refractivity contribution in [2.24, 2.45) is 11.8 Å². The Morgan fingerprint density at radius 2 is 1.87 bits per heavy atom. The zero-order valence-corrected chi connectivity index (χ0v) is 26.2. The number of benzene rings is 2. The van der Waals surface area contributed by atoms with Crippen molar-refractivity contribution in [3.05, 3.63) is 41.5 Å². The fourth-order valence-electron chi connectivity index (χ4n) is 8.60. The van der Waals surface area contributed by atoms with E-state index in [2.05, 4.69) is 25.7 Å². The van der Waals surface area contributed by atoms with Crippen LogP contribution in [0, 0.1) is 35.8 Å². The van der Waals surface area contributed by atoms with Crippen LogP contribution in [0.3, 0.4) is 0 Å². The number of nitrogens with zero attached hydrogens (tertiary/aromatic N) is 5. The Hall–Kier alpha value is -4.30. The van der Waals surface area contributed by atoms with Gasteiger partial charge in [-0.25, -0.2) is 18.2 Å². The standard InChI is InChI=1S/C36H36F3N5O3/c1-3-25-27(38)9-8-22-13-24(45)14-26(28(22)25)31-30(39)32-29(34(40-31)46-4-2)33(43-16-20-6-7-21(12-20)17-43)42-35(41-32)47-19-36-10-5-11-44(36)18-23(37)15-36/h1,8-9,13-14,20-21,23,45H,4-7,10-12,15-19H2,2H3/t20?,21?,23-,36+/m1/s1. The lowest BCUT2D eigenvalue weighted by Crippen LogP contribution is -2.43. The average molecular weight is 644 g/mol. The van der Waals surface area contributed by atoms with Gasteiger partial charge in [0.1, 0.15) is 46.8 Å². The molecule has 11 heteroatoms. The Labute approximate surface area is 270 Å². The first kappa shape index (κ1) is 30.1.